The second-order valence-electron chi connectivity index (χ2n) is 13.4. The van der Waals surface area contributed by atoms with Crippen molar-refractivity contribution in [1.29, 1.82) is 0 Å². The fourth-order valence-electron chi connectivity index (χ4n) is 7.01. The van der Waals surface area contributed by atoms with Gasteiger partial charge in [0.15, 0.2) is 0 Å². The van der Waals surface area contributed by atoms with Crippen molar-refractivity contribution in [2.24, 2.45) is 0 Å². The fourth-order valence-corrected chi connectivity index (χ4v) is 13.8. The van der Waals surface area contributed by atoms with Crippen LogP contribution in [-0.4, -0.2) is 20.1 Å². The van der Waals surface area contributed by atoms with Gasteiger partial charge in [-0.3, -0.25) is 0 Å². The molecule has 0 aromatic heterocycles. The maximum absolute atomic E-state index is 4.85. The van der Waals surface area contributed by atoms with Gasteiger partial charge in [0.2, 0.25) is 0 Å². The summed E-state index contributed by atoms with van der Waals surface area (Å²) in [5.74, 6) is 0. The third kappa shape index (κ3) is 11.8. The summed E-state index contributed by atoms with van der Waals surface area (Å²) >= 11 is -0.346. The maximum atomic E-state index is 4.85. The quantitative estimate of drug-likeness (QED) is 0.0942. The van der Waals surface area contributed by atoms with Crippen LogP contribution >= 0.6 is 43.1 Å². The normalized spacial score (nSPS) is 11.7. The summed E-state index contributed by atoms with van der Waals surface area (Å²) < 4.78 is 0. The minimum Gasteiger partial charge on any atom is -0.0622 e. The molecule has 1 radical (unpaired) electrons. The Balaban J connectivity index is 0.000000201. The van der Waals surface area contributed by atoms with Gasteiger partial charge < -0.3 is 9.62 Å². The summed E-state index contributed by atoms with van der Waals surface area (Å²) in [5, 5.41) is 9.82. The molecule has 2 nitrogen and oxygen atoms in total. The van der Waals surface area contributed by atoms with Crippen LogP contribution in [0.2, 0.25) is 0 Å². The van der Waals surface area contributed by atoms with Crippen LogP contribution in [0.1, 0.15) is 0 Å². The molecule has 8 aromatic carbocycles. The van der Waals surface area contributed by atoms with Crippen molar-refractivity contribution in [2.75, 3.05) is 22.2 Å². The Morgan fingerprint density at radius 2 is 0.525 bits per heavy atom. The van der Waals surface area contributed by atoms with E-state index in [1.165, 1.54) is 48.5 Å². The molecule has 0 bridgehead atoms. The molecule has 8 aromatic rings. The molecule has 9 heteroatoms. The molecular formula is C50H43BCl2N2P3Ru. The first-order chi connectivity index (χ1) is 29.2. The van der Waals surface area contributed by atoms with E-state index in [4.69, 9.17) is 19.4 Å². The number of anilines is 2. The zero-order chi connectivity index (χ0) is 40.5. The van der Waals surface area contributed by atoms with Gasteiger partial charge in [-0.15, -0.1) is 0 Å². The van der Waals surface area contributed by atoms with Gasteiger partial charge in [-0.05, 0) is 73.0 Å². The first-order valence-electron chi connectivity index (χ1n) is 19.3. The molecule has 0 N–H and O–H groups in total. The Kier molecular flexibility index (Phi) is 16.8. The van der Waals surface area contributed by atoms with Gasteiger partial charge in [-0.1, -0.05) is 224 Å². The second kappa shape index (κ2) is 23.1. The molecule has 9 rings (SSSR count). The Hall–Kier alpha value is -4.08. The number of fused-ring (bicyclic) bond motifs is 1. The SMILES string of the molecule is [B]1N(CP(c2ccccc2)c2ccccc2)c2ccccc2N1CP(c1ccccc1)c1ccccc1.[Cl][Ru][Cl].c1ccc(P(c2ccccc2)c2ccccc2)cc1. The van der Waals surface area contributed by atoms with Crippen LogP contribution in [0.4, 0.5) is 11.4 Å². The van der Waals surface area contributed by atoms with Gasteiger partial charge in [0.05, 0.1) is 0 Å². The summed E-state index contributed by atoms with van der Waals surface area (Å²) in [4.78, 5) is 4.95. The zero-order valence-corrected chi connectivity index (χ0v) is 38.3. The summed E-state index contributed by atoms with van der Waals surface area (Å²) in [5.41, 5.74) is 2.58. The minimum absolute atomic E-state index is 0.346. The van der Waals surface area contributed by atoms with Crippen LogP contribution in [0.25, 0.3) is 0 Å². The summed E-state index contributed by atoms with van der Waals surface area (Å²) in [7, 11) is 10.5. The molecule has 0 amide bonds. The number of rotatable bonds is 11. The number of halogens is 2. The van der Waals surface area contributed by atoms with E-state index in [0.717, 1.165) is 12.6 Å². The van der Waals surface area contributed by atoms with Crippen molar-refractivity contribution >= 4 is 99.2 Å². The number of hydrogen-bond donors (Lipinski definition) is 0. The molecule has 0 spiro atoms. The van der Waals surface area contributed by atoms with Gasteiger partial charge >= 0.3 is 42.1 Å². The molecule has 1 aliphatic rings. The van der Waals surface area contributed by atoms with Crippen molar-refractivity contribution in [3.8, 4) is 0 Å². The standard InChI is InChI=1S/C32H28BN2P2.C18H15P.2ClH.Ru/c1-5-15-27(16-6-1)36(28-17-7-2-8-18-28)25-34-31-23-13-14-24-32(31)35(33-34)26-37(29-19-9-3-10-20-29)30-21-11-4-12-22-30;1-4-10-16(11-5-1)19(17-12-6-2-7-13-17)18-14-8-3-9-15-18;;;/h1-24H,25-26H2;1-15H;2*1H;/q;;;;+2/p-2. The molecule has 59 heavy (non-hydrogen) atoms. The number of nitrogens with zero attached hydrogens (tertiary/aromatic N) is 2. The van der Waals surface area contributed by atoms with E-state index < -0.39 is 23.8 Å². The predicted octanol–water partition coefficient (Wildman–Crippen LogP) is 10.8. The van der Waals surface area contributed by atoms with Crippen molar-refractivity contribution in [2.45, 2.75) is 0 Å². The van der Waals surface area contributed by atoms with Crippen LogP contribution in [0.5, 0.6) is 0 Å². The number of hydrogen-bond acceptors (Lipinski definition) is 2. The van der Waals surface area contributed by atoms with Crippen LogP contribution < -0.4 is 46.8 Å². The van der Waals surface area contributed by atoms with Crippen molar-refractivity contribution < 1.29 is 15.1 Å². The first kappa shape index (κ1) is 43.0. The molecule has 0 atom stereocenters. The van der Waals surface area contributed by atoms with E-state index in [-0.39, 0.29) is 15.1 Å². The molecule has 0 saturated heterocycles. The van der Waals surface area contributed by atoms with Gasteiger partial charge in [0.1, 0.15) is 0 Å². The smallest absolute Gasteiger partial charge is 0.0134 e. The topological polar surface area (TPSA) is 6.48 Å². The Labute approximate surface area is 370 Å². The van der Waals surface area contributed by atoms with Crippen molar-refractivity contribution in [1.82, 2.24) is 0 Å². The Morgan fingerprint density at radius 1 is 0.322 bits per heavy atom. The van der Waals surface area contributed by atoms with Crippen LogP contribution in [-0.2, 0) is 15.1 Å². The molecule has 0 fully saturated rings. The van der Waals surface area contributed by atoms with Crippen molar-refractivity contribution in [3.63, 3.8) is 0 Å². The third-order valence-corrected chi connectivity index (χ3v) is 17.0. The van der Waals surface area contributed by atoms with E-state index in [1.807, 2.05) is 0 Å². The Morgan fingerprint density at radius 3 is 0.763 bits per heavy atom. The molecule has 1 aliphatic heterocycles. The average Bonchev–Trinajstić information content (AvgIpc) is 3.67. The second-order valence-corrected chi connectivity index (χ2v) is 22.6. The summed E-state index contributed by atoms with van der Waals surface area (Å²) in [6.45, 7) is 0. The fraction of sp³-hybridized carbons (Fsp3) is 0.0400. The molecule has 0 unspecified atom stereocenters. The van der Waals surface area contributed by atoms with Crippen LogP contribution in [0.3, 0.4) is 0 Å². The number of para-hydroxylation sites is 2. The minimum atomic E-state index is -0.540. The average molecular weight is 948 g/mol. The zero-order valence-electron chi connectivity index (χ0n) is 32.4. The largest absolute Gasteiger partial charge is 0.0622 e. The number of benzene rings is 8. The van der Waals surface area contributed by atoms with E-state index >= 15 is 0 Å². The first-order valence-corrected chi connectivity index (χ1v) is 28.1. The summed E-state index contributed by atoms with van der Waals surface area (Å²) in [6, 6.07) is 85.1. The predicted molar refractivity (Wildman–Crippen MR) is 262 cm³/mol. The van der Waals surface area contributed by atoms with Gasteiger partial charge in [-0.2, -0.15) is 0 Å². The van der Waals surface area contributed by atoms with E-state index in [9.17, 15) is 0 Å². The monoisotopic (exact) mass is 947 g/mol. The Bertz CT molecular complexity index is 2110. The van der Waals surface area contributed by atoms with Crippen LogP contribution in [0, 0.1) is 0 Å². The van der Waals surface area contributed by atoms with Crippen molar-refractivity contribution in [3.05, 3.63) is 237 Å². The molecular weight excluding hydrogens is 904 g/mol. The summed E-state index contributed by atoms with van der Waals surface area (Å²) in [6.07, 6.45) is 1.90. The van der Waals surface area contributed by atoms with Crippen LogP contribution in [0.15, 0.2) is 237 Å². The molecule has 293 valence electrons. The van der Waals surface area contributed by atoms with Gasteiger partial charge in [0, 0.05) is 23.9 Å². The van der Waals surface area contributed by atoms with E-state index in [0.29, 0.717) is 0 Å². The third-order valence-electron chi connectivity index (χ3n) is 9.68. The molecule has 0 aliphatic carbocycles. The van der Waals surface area contributed by atoms with E-state index in [2.05, 4.69) is 254 Å². The van der Waals surface area contributed by atoms with Gasteiger partial charge in [-0.25, -0.2) is 0 Å². The molecule has 1 heterocycles. The van der Waals surface area contributed by atoms with Gasteiger partial charge in [0.25, 0.3) is 0 Å². The molecule has 0 saturated carbocycles. The van der Waals surface area contributed by atoms with E-state index in [1.54, 1.807) is 0 Å². The maximum Gasteiger partial charge on any atom is -0.0134 e.